The van der Waals surface area contributed by atoms with Crippen LogP contribution in [-0.2, 0) is 0 Å². The third-order valence-corrected chi connectivity index (χ3v) is 10.6. The van der Waals surface area contributed by atoms with Crippen molar-refractivity contribution in [3.63, 3.8) is 0 Å². The van der Waals surface area contributed by atoms with Crippen LogP contribution in [0.25, 0.3) is 43.1 Å². The molecule has 5 aromatic rings. The van der Waals surface area contributed by atoms with Gasteiger partial charge >= 0.3 is 0 Å². The average Bonchev–Trinajstić information content (AvgIpc) is 2.70. The molecule has 0 aliphatic rings. The Kier molecular flexibility index (Phi) is 4.25. The minimum Gasteiger partial charge on any atom is -0.0656 e. The van der Waals surface area contributed by atoms with Gasteiger partial charge in [0.1, 0.15) is 0 Å². The molecule has 0 bridgehead atoms. The molecule has 0 spiro atoms. The zero-order valence-electron chi connectivity index (χ0n) is 18.9. The van der Waals surface area contributed by atoms with Crippen LogP contribution in [0.5, 0.6) is 0 Å². The van der Waals surface area contributed by atoms with Gasteiger partial charge < -0.3 is 0 Å². The Balaban J connectivity index is 1.78. The molecule has 0 nitrogen and oxygen atoms in total. The molecule has 0 heterocycles. The number of hydrogen-bond donors (Lipinski definition) is 0. The zero-order valence-corrected chi connectivity index (χ0v) is 20.9. The van der Waals surface area contributed by atoms with Crippen LogP contribution in [0.2, 0.25) is 39.3 Å². The highest BCUT2D eigenvalue weighted by molar-refractivity contribution is 6.89. The van der Waals surface area contributed by atoms with Crippen molar-refractivity contribution >= 4 is 69.6 Å². The molecule has 0 saturated carbocycles. The van der Waals surface area contributed by atoms with Gasteiger partial charge in [-0.1, -0.05) is 122 Å². The number of hydrogen-bond acceptors (Lipinski definition) is 0. The van der Waals surface area contributed by atoms with E-state index in [0.717, 1.165) is 0 Å². The van der Waals surface area contributed by atoms with E-state index in [1.807, 2.05) is 0 Å². The first-order valence-electron chi connectivity index (χ1n) is 11.0. The van der Waals surface area contributed by atoms with E-state index in [4.69, 9.17) is 0 Å². The van der Waals surface area contributed by atoms with E-state index in [9.17, 15) is 0 Å². The van der Waals surface area contributed by atoms with E-state index < -0.39 is 16.1 Å². The molecule has 150 valence electrons. The molecule has 0 aromatic heterocycles. The largest absolute Gasteiger partial charge is 0.0776 e. The van der Waals surface area contributed by atoms with E-state index in [-0.39, 0.29) is 0 Å². The van der Waals surface area contributed by atoms with Crippen molar-refractivity contribution in [1.82, 2.24) is 0 Å². The lowest BCUT2D eigenvalue weighted by Gasteiger charge is -2.18. The fourth-order valence-electron chi connectivity index (χ4n) is 4.64. The van der Waals surface area contributed by atoms with Gasteiger partial charge in [0.2, 0.25) is 0 Å². The van der Waals surface area contributed by atoms with E-state index in [0.29, 0.717) is 0 Å². The van der Waals surface area contributed by atoms with Gasteiger partial charge in [-0.05, 0) is 43.1 Å². The topological polar surface area (TPSA) is 0 Å². The lowest BCUT2D eigenvalue weighted by molar-refractivity contribution is 1.72. The fourth-order valence-corrected chi connectivity index (χ4v) is 6.98. The molecular weight excluding hydrogens is 392 g/mol. The van der Waals surface area contributed by atoms with Crippen LogP contribution in [0.4, 0.5) is 0 Å². The third kappa shape index (κ3) is 3.10. The minimum absolute atomic E-state index is 1.31. The monoisotopic (exact) mass is 422 g/mol. The van der Waals surface area contributed by atoms with Gasteiger partial charge in [0.05, 0.1) is 16.1 Å². The van der Waals surface area contributed by atoms with Gasteiger partial charge in [0.15, 0.2) is 0 Å². The molecule has 0 saturated heterocycles. The molecule has 0 fully saturated rings. The summed E-state index contributed by atoms with van der Waals surface area (Å²) in [5.74, 6) is 0. The van der Waals surface area contributed by atoms with Crippen molar-refractivity contribution < 1.29 is 0 Å². The second kappa shape index (κ2) is 6.53. The number of rotatable bonds is 2. The molecule has 5 aromatic carbocycles. The van der Waals surface area contributed by atoms with Crippen LogP contribution in [-0.4, -0.2) is 16.1 Å². The lowest BCUT2D eigenvalue weighted by Crippen LogP contribution is -2.37. The van der Waals surface area contributed by atoms with Gasteiger partial charge in [-0.25, -0.2) is 0 Å². The maximum absolute atomic E-state index is 2.42. The van der Waals surface area contributed by atoms with Crippen LogP contribution < -0.4 is 10.4 Å². The molecule has 30 heavy (non-hydrogen) atoms. The summed E-state index contributed by atoms with van der Waals surface area (Å²) >= 11 is 0. The highest BCUT2D eigenvalue weighted by atomic mass is 28.3. The smallest absolute Gasteiger partial charge is 0.0656 e. The first-order valence-corrected chi connectivity index (χ1v) is 18.0. The first-order chi connectivity index (χ1) is 14.1. The van der Waals surface area contributed by atoms with Crippen molar-refractivity contribution in [2.75, 3.05) is 0 Å². The summed E-state index contributed by atoms with van der Waals surface area (Å²) in [6.07, 6.45) is 0. The predicted octanol–water partition coefficient (Wildman–Crippen LogP) is 7.39. The third-order valence-electron chi connectivity index (χ3n) is 6.56. The van der Waals surface area contributed by atoms with Crippen molar-refractivity contribution in [2.24, 2.45) is 0 Å². The van der Waals surface area contributed by atoms with E-state index >= 15 is 0 Å². The molecule has 0 radical (unpaired) electrons. The summed E-state index contributed by atoms with van der Waals surface area (Å²) in [7, 11) is -2.62. The van der Waals surface area contributed by atoms with Crippen molar-refractivity contribution in [2.45, 2.75) is 39.3 Å². The van der Waals surface area contributed by atoms with Crippen molar-refractivity contribution in [1.29, 1.82) is 0 Å². The average molecular weight is 423 g/mol. The van der Waals surface area contributed by atoms with Gasteiger partial charge in [-0.15, -0.1) is 0 Å². The molecule has 2 heteroatoms. The van der Waals surface area contributed by atoms with Crippen LogP contribution in [0.15, 0.2) is 72.8 Å². The van der Waals surface area contributed by atoms with Gasteiger partial charge in [0, 0.05) is 0 Å². The van der Waals surface area contributed by atoms with Crippen LogP contribution >= 0.6 is 0 Å². The van der Waals surface area contributed by atoms with Gasteiger partial charge in [-0.3, -0.25) is 0 Å². The molecular formula is C28H30Si2. The maximum Gasteiger partial charge on any atom is 0.0776 e. The molecule has 5 rings (SSSR count). The van der Waals surface area contributed by atoms with E-state index in [2.05, 4.69) is 112 Å². The fraction of sp³-hybridized carbons (Fsp3) is 0.214. The number of benzene rings is 5. The molecule has 0 amide bonds. The molecule has 0 N–H and O–H groups in total. The Hall–Kier alpha value is -2.43. The van der Waals surface area contributed by atoms with Gasteiger partial charge in [-0.2, -0.15) is 0 Å². The van der Waals surface area contributed by atoms with Crippen LogP contribution in [0.3, 0.4) is 0 Å². The Bertz CT molecular complexity index is 1330. The Labute approximate surface area is 181 Å². The first kappa shape index (κ1) is 19.5. The summed E-state index contributed by atoms with van der Waals surface area (Å²) in [4.78, 5) is 0. The molecule has 0 atom stereocenters. The number of fused-ring (bicyclic) bond motifs is 7. The Morgan fingerprint density at radius 1 is 0.367 bits per heavy atom. The highest BCUT2D eigenvalue weighted by Crippen LogP contribution is 2.34. The second-order valence-electron chi connectivity index (χ2n) is 10.8. The second-order valence-corrected chi connectivity index (χ2v) is 20.9. The quantitative estimate of drug-likeness (QED) is 0.205. The molecule has 0 unspecified atom stereocenters. The predicted molar refractivity (Wildman–Crippen MR) is 142 cm³/mol. The van der Waals surface area contributed by atoms with Gasteiger partial charge in [0.25, 0.3) is 0 Å². The summed E-state index contributed by atoms with van der Waals surface area (Å²) in [5.41, 5.74) is 0. The van der Waals surface area contributed by atoms with Crippen molar-refractivity contribution in [3.05, 3.63) is 72.8 Å². The van der Waals surface area contributed by atoms with E-state index in [1.165, 1.54) is 53.5 Å². The SMILES string of the molecule is C[Si](C)(C)c1ccc2c(ccc3c2ccc2c4ccc([Si](C)(C)C)cc4ccc23)c1. The van der Waals surface area contributed by atoms with Crippen molar-refractivity contribution in [3.8, 4) is 0 Å². The Morgan fingerprint density at radius 2 is 0.667 bits per heavy atom. The normalized spacial score (nSPS) is 13.0. The summed E-state index contributed by atoms with van der Waals surface area (Å²) in [6, 6.07) is 28.2. The lowest BCUT2D eigenvalue weighted by atomic mass is 9.94. The summed E-state index contributed by atoms with van der Waals surface area (Å²) in [5, 5.41) is 14.0. The van der Waals surface area contributed by atoms with Crippen LogP contribution in [0, 0.1) is 0 Å². The zero-order chi connectivity index (χ0) is 21.3. The maximum atomic E-state index is 2.42. The minimum atomic E-state index is -1.31. The highest BCUT2D eigenvalue weighted by Gasteiger charge is 2.18. The summed E-state index contributed by atoms with van der Waals surface area (Å²) in [6.45, 7) is 14.5. The molecule has 0 aliphatic heterocycles. The summed E-state index contributed by atoms with van der Waals surface area (Å²) < 4.78 is 0. The molecule has 0 aliphatic carbocycles. The Morgan fingerprint density at radius 3 is 1.03 bits per heavy atom. The van der Waals surface area contributed by atoms with E-state index in [1.54, 1.807) is 0 Å². The standard InChI is InChI=1S/C28H30Si2/c1-29(2,3)21-9-13-23-19(17-21)7-11-27-25(23)15-16-26-24-14-10-22(30(4,5)6)18-20(24)8-12-28(26)27/h7-18H,1-6H3. The van der Waals surface area contributed by atoms with Crippen LogP contribution in [0.1, 0.15) is 0 Å².